The van der Waals surface area contributed by atoms with Crippen molar-refractivity contribution in [1.82, 2.24) is 10.2 Å². The fourth-order valence-corrected chi connectivity index (χ4v) is 3.17. The fraction of sp³-hybridized carbons (Fsp3) is 0.750. The van der Waals surface area contributed by atoms with E-state index < -0.39 is 11.9 Å². The number of nitrogens with one attached hydrogen (secondary N) is 1. The smallest absolute Gasteiger partial charge is 0.307 e. The molecule has 0 radical (unpaired) electrons. The van der Waals surface area contributed by atoms with Gasteiger partial charge >= 0.3 is 5.97 Å². The number of fused-ring (bicyclic) bond motifs is 2. The Morgan fingerprint density at radius 2 is 1.94 bits per heavy atom. The van der Waals surface area contributed by atoms with Gasteiger partial charge in [0.1, 0.15) is 0 Å². The average molecular weight is 252 g/mol. The van der Waals surface area contributed by atoms with Crippen molar-refractivity contribution >= 4 is 17.8 Å². The number of hydrogen-bond donors (Lipinski definition) is 2. The zero-order chi connectivity index (χ0) is 12.9. The molecule has 3 fully saturated rings. The summed E-state index contributed by atoms with van der Waals surface area (Å²) < 4.78 is 0. The Bertz CT molecular complexity index is 422. The number of hydrogen-bond acceptors (Lipinski definition) is 3. The molecule has 2 N–H and O–H groups in total. The van der Waals surface area contributed by atoms with E-state index >= 15 is 0 Å². The molecule has 0 aromatic heterocycles. The van der Waals surface area contributed by atoms with Crippen LogP contribution in [0.4, 0.5) is 0 Å². The molecule has 3 rings (SSSR count). The molecule has 18 heavy (non-hydrogen) atoms. The van der Waals surface area contributed by atoms with Crippen molar-refractivity contribution in [2.75, 3.05) is 6.54 Å². The molecule has 1 aliphatic carbocycles. The summed E-state index contributed by atoms with van der Waals surface area (Å²) >= 11 is 0. The van der Waals surface area contributed by atoms with E-state index in [2.05, 4.69) is 5.32 Å². The van der Waals surface area contributed by atoms with Crippen LogP contribution in [-0.4, -0.2) is 46.4 Å². The van der Waals surface area contributed by atoms with Crippen molar-refractivity contribution in [3.8, 4) is 0 Å². The van der Waals surface area contributed by atoms with Gasteiger partial charge in [-0.2, -0.15) is 0 Å². The molecule has 2 bridgehead atoms. The predicted octanol–water partition coefficient (Wildman–Crippen LogP) is -0.413. The van der Waals surface area contributed by atoms with E-state index in [0.29, 0.717) is 19.4 Å². The molecule has 2 aliphatic heterocycles. The van der Waals surface area contributed by atoms with Crippen LogP contribution in [0, 0.1) is 11.8 Å². The number of rotatable bonds is 2. The summed E-state index contributed by atoms with van der Waals surface area (Å²) in [4.78, 5) is 36.4. The summed E-state index contributed by atoms with van der Waals surface area (Å²) in [6.07, 6.45) is 2.56. The summed E-state index contributed by atoms with van der Waals surface area (Å²) in [6.45, 7) is 0.505. The monoisotopic (exact) mass is 252 g/mol. The molecule has 6 nitrogen and oxygen atoms in total. The van der Waals surface area contributed by atoms with Crippen LogP contribution in [0.15, 0.2) is 0 Å². The predicted molar refractivity (Wildman–Crippen MR) is 60.5 cm³/mol. The molecule has 0 spiro atoms. The highest BCUT2D eigenvalue weighted by Gasteiger charge is 2.53. The van der Waals surface area contributed by atoms with Gasteiger partial charge in [-0.25, -0.2) is 0 Å². The van der Waals surface area contributed by atoms with Crippen LogP contribution in [0.2, 0.25) is 0 Å². The Morgan fingerprint density at radius 1 is 1.22 bits per heavy atom. The quantitative estimate of drug-likeness (QED) is 0.699. The van der Waals surface area contributed by atoms with E-state index in [-0.39, 0.29) is 29.8 Å². The third-order valence-electron chi connectivity index (χ3n) is 4.26. The molecule has 3 aliphatic rings. The van der Waals surface area contributed by atoms with E-state index in [1.165, 1.54) is 0 Å². The summed E-state index contributed by atoms with van der Waals surface area (Å²) in [7, 11) is 0. The molecule has 0 aromatic rings. The number of carboxylic acids is 1. The zero-order valence-corrected chi connectivity index (χ0v) is 9.96. The minimum atomic E-state index is -0.885. The van der Waals surface area contributed by atoms with Gasteiger partial charge in [-0.3, -0.25) is 14.4 Å². The number of aliphatic carboxylic acids is 1. The molecule has 2 saturated heterocycles. The third-order valence-corrected chi connectivity index (χ3v) is 4.26. The fourth-order valence-electron chi connectivity index (χ4n) is 3.17. The van der Waals surface area contributed by atoms with Gasteiger partial charge < -0.3 is 15.3 Å². The topological polar surface area (TPSA) is 86.7 Å². The molecule has 4 atom stereocenters. The van der Waals surface area contributed by atoms with Crippen molar-refractivity contribution in [2.45, 2.75) is 37.8 Å². The Labute approximate surface area is 104 Å². The first-order valence-corrected chi connectivity index (χ1v) is 6.39. The molecule has 2 amide bonds. The maximum absolute atomic E-state index is 12.3. The van der Waals surface area contributed by atoms with Crippen molar-refractivity contribution in [2.24, 2.45) is 11.8 Å². The highest BCUT2D eigenvalue weighted by Crippen LogP contribution is 2.42. The van der Waals surface area contributed by atoms with Crippen LogP contribution in [0.5, 0.6) is 0 Å². The molecular formula is C12H16N2O4. The molecule has 4 unspecified atom stereocenters. The van der Waals surface area contributed by atoms with E-state index in [4.69, 9.17) is 5.11 Å². The lowest BCUT2D eigenvalue weighted by Crippen LogP contribution is -2.43. The van der Waals surface area contributed by atoms with Crippen LogP contribution in [-0.2, 0) is 14.4 Å². The third kappa shape index (κ3) is 1.76. The maximum atomic E-state index is 12.3. The second-order valence-electron chi connectivity index (χ2n) is 5.43. The molecular weight excluding hydrogens is 236 g/mol. The number of amides is 2. The number of carbonyl (C=O) groups is 3. The minimum absolute atomic E-state index is 0.00872. The number of carbonyl (C=O) groups excluding carboxylic acids is 2. The van der Waals surface area contributed by atoms with Crippen molar-refractivity contribution in [1.29, 1.82) is 0 Å². The lowest BCUT2D eigenvalue weighted by atomic mass is 10.1. The van der Waals surface area contributed by atoms with Crippen LogP contribution in [0.25, 0.3) is 0 Å². The van der Waals surface area contributed by atoms with Gasteiger partial charge in [0.2, 0.25) is 11.8 Å². The molecule has 1 saturated carbocycles. The standard InChI is InChI=1S/C12H16N2O4/c15-10-3-6-1-2-7(5-13-10)14(6)11(16)8-4-9(8)12(17)18/h6-9H,1-5H2,(H,13,15)(H,17,18). The summed E-state index contributed by atoms with van der Waals surface area (Å²) in [5.41, 5.74) is 0. The zero-order valence-electron chi connectivity index (χ0n) is 9.96. The van der Waals surface area contributed by atoms with E-state index in [1.54, 1.807) is 4.90 Å². The number of nitrogens with zero attached hydrogens (tertiary/aromatic N) is 1. The lowest BCUT2D eigenvalue weighted by molar-refractivity contribution is -0.143. The van der Waals surface area contributed by atoms with Crippen LogP contribution >= 0.6 is 0 Å². The number of carboxylic acid groups (broad SMARTS) is 1. The summed E-state index contributed by atoms with van der Waals surface area (Å²) in [5, 5.41) is 11.7. The summed E-state index contributed by atoms with van der Waals surface area (Å²) in [6, 6.07) is 0.0315. The van der Waals surface area contributed by atoms with Crippen molar-refractivity contribution < 1.29 is 19.5 Å². The molecule has 0 aromatic carbocycles. The highest BCUT2D eigenvalue weighted by molar-refractivity contribution is 5.90. The van der Waals surface area contributed by atoms with E-state index in [9.17, 15) is 14.4 Å². The van der Waals surface area contributed by atoms with Gasteiger partial charge in [0.15, 0.2) is 0 Å². The largest absolute Gasteiger partial charge is 0.481 e. The van der Waals surface area contributed by atoms with Gasteiger partial charge in [-0.1, -0.05) is 0 Å². The normalized spacial score (nSPS) is 38.0. The van der Waals surface area contributed by atoms with Gasteiger partial charge in [0.05, 0.1) is 11.8 Å². The Hall–Kier alpha value is -1.59. The molecule has 2 heterocycles. The summed E-state index contributed by atoms with van der Waals surface area (Å²) in [5.74, 6) is -1.83. The first-order valence-electron chi connectivity index (χ1n) is 6.39. The van der Waals surface area contributed by atoms with Gasteiger partial charge in [-0.15, -0.1) is 0 Å². The second-order valence-corrected chi connectivity index (χ2v) is 5.43. The van der Waals surface area contributed by atoms with Crippen LogP contribution in [0.1, 0.15) is 25.7 Å². The average Bonchev–Trinajstić information content (AvgIpc) is 3.03. The van der Waals surface area contributed by atoms with E-state index in [0.717, 1.165) is 12.8 Å². The molecule has 98 valence electrons. The maximum Gasteiger partial charge on any atom is 0.307 e. The van der Waals surface area contributed by atoms with Crippen molar-refractivity contribution in [3.05, 3.63) is 0 Å². The van der Waals surface area contributed by atoms with Crippen LogP contribution in [0.3, 0.4) is 0 Å². The highest BCUT2D eigenvalue weighted by atomic mass is 16.4. The first kappa shape index (κ1) is 11.5. The van der Waals surface area contributed by atoms with Crippen LogP contribution < -0.4 is 5.32 Å². The molecule has 6 heteroatoms. The van der Waals surface area contributed by atoms with Gasteiger partial charge in [0.25, 0.3) is 0 Å². The van der Waals surface area contributed by atoms with Gasteiger partial charge in [0, 0.05) is 25.0 Å². The van der Waals surface area contributed by atoms with Gasteiger partial charge in [-0.05, 0) is 19.3 Å². The minimum Gasteiger partial charge on any atom is -0.481 e. The SMILES string of the molecule is O=C1CC2CCC(CN1)N2C(=O)C1CC1C(=O)O. The Balaban J connectivity index is 1.74. The second kappa shape index (κ2) is 3.96. The van der Waals surface area contributed by atoms with Crippen molar-refractivity contribution in [3.63, 3.8) is 0 Å². The Morgan fingerprint density at radius 3 is 2.61 bits per heavy atom. The Kier molecular flexibility index (Phi) is 2.53. The first-order chi connectivity index (χ1) is 8.58. The van der Waals surface area contributed by atoms with E-state index in [1.807, 2.05) is 0 Å². The lowest BCUT2D eigenvalue weighted by Gasteiger charge is -2.27.